The molecule has 0 bridgehead atoms. The summed E-state index contributed by atoms with van der Waals surface area (Å²) in [7, 11) is 1.84. The molecule has 0 N–H and O–H groups in total. The molecule has 1 atom stereocenters. The number of hydrogen-bond acceptors (Lipinski definition) is 5. The lowest BCUT2D eigenvalue weighted by Crippen LogP contribution is -2.35. The first-order valence-corrected chi connectivity index (χ1v) is 7.08. The van der Waals surface area contributed by atoms with Crippen molar-refractivity contribution in [1.82, 2.24) is 4.90 Å². The smallest absolute Gasteiger partial charge is 0.269 e. The number of ketones is 1. The fourth-order valence-electron chi connectivity index (χ4n) is 1.98. The molecule has 21 heavy (non-hydrogen) atoms. The van der Waals surface area contributed by atoms with E-state index in [1.807, 2.05) is 11.9 Å². The Kier molecular flexibility index (Phi) is 5.74. The Morgan fingerprint density at radius 2 is 2.19 bits per heavy atom. The minimum absolute atomic E-state index is 0. The van der Waals surface area contributed by atoms with E-state index in [4.69, 9.17) is 0 Å². The average Bonchev–Trinajstić information content (AvgIpc) is 2.73. The van der Waals surface area contributed by atoms with E-state index in [-0.39, 0.29) is 29.9 Å². The van der Waals surface area contributed by atoms with Crippen LogP contribution in [0.3, 0.4) is 0 Å². The first-order chi connectivity index (χ1) is 9.40. The van der Waals surface area contributed by atoms with Gasteiger partial charge in [-0.25, -0.2) is 4.99 Å². The maximum atomic E-state index is 11.5. The van der Waals surface area contributed by atoms with E-state index in [0.29, 0.717) is 11.4 Å². The average molecular weight is 330 g/mol. The van der Waals surface area contributed by atoms with Crippen molar-refractivity contribution in [3.05, 3.63) is 33.9 Å². The molecule has 1 fully saturated rings. The van der Waals surface area contributed by atoms with Crippen LogP contribution in [0.25, 0.3) is 0 Å². The highest BCUT2D eigenvalue weighted by Gasteiger charge is 2.30. The van der Waals surface area contributed by atoms with Gasteiger partial charge in [0.25, 0.3) is 5.69 Å². The Labute approximate surface area is 133 Å². The number of halogens is 1. The molecular weight excluding hydrogens is 314 g/mol. The van der Waals surface area contributed by atoms with Gasteiger partial charge in [0.1, 0.15) is 0 Å². The first kappa shape index (κ1) is 17.5. The highest BCUT2D eigenvalue weighted by atomic mass is 35.5. The van der Waals surface area contributed by atoms with Crippen molar-refractivity contribution >= 4 is 46.5 Å². The molecule has 114 valence electrons. The number of benzene rings is 1. The summed E-state index contributed by atoms with van der Waals surface area (Å²) in [6.45, 7) is 3.36. The fraction of sp³-hybridized carbons (Fsp3) is 0.385. The van der Waals surface area contributed by atoms with Crippen LogP contribution in [-0.4, -0.2) is 39.6 Å². The van der Waals surface area contributed by atoms with Crippen LogP contribution in [0.15, 0.2) is 23.2 Å². The summed E-state index contributed by atoms with van der Waals surface area (Å²) in [6, 6.07) is 4.43. The predicted molar refractivity (Wildman–Crippen MR) is 86.9 cm³/mol. The van der Waals surface area contributed by atoms with E-state index in [9.17, 15) is 14.9 Å². The van der Waals surface area contributed by atoms with Crippen LogP contribution in [-0.2, 0) is 4.79 Å². The number of amidine groups is 1. The van der Waals surface area contributed by atoms with E-state index < -0.39 is 4.92 Å². The topological polar surface area (TPSA) is 75.8 Å². The number of nitrogens with zero attached hydrogens (tertiary/aromatic N) is 3. The summed E-state index contributed by atoms with van der Waals surface area (Å²) >= 11 is 1.52. The number of rotatable bonds is 3. The minimum Gasteiger partial charge on any atom is -0.343 e. The van der Waals surface area contributed by atoms with Gasteiger partial charge in [-0.3, -0.25) is 14.9 Å². The van der Waals surface area contributed by atoms with E-state index >= 15 is 0 Å². The highest BCUT2D eigenvalue weighted by Crippen LogP contribution is 2.29. The Bertz CT molecular complexity index is 606. The van der Waals surface area contributed by atoms with Gasteiger partial charge in [0.05, 0.1) is 16.7 Å². The van der Waals surface area contributed by atoms with Crippen molar-refractivity contribution in [3.63, 3.8) is 0 Å². The third-order valence-corrected chi connectivity index (χ3v) is 4.34. The van der Waals surface area contributed by atoms with E-state index in [2.05, 4.69) is 4.99 Å². The van der Waals surface area contributed by atoms with Crippen molar-refractivity contribution < 1.29 is 9.72 Å². The van der Waals surface area contributed by atoms with Crippen molar-refractivity contribution in [3.8, 4) is 0 Å². The zero-order valence-corrected chi connectivity index (χ0v) is 13.5. The Balaban J connectivity index is 0.00000220. The molecule has 1 saturated heterocycles. The quantitative estimate of drug-likeness (QED) is 0.629. The van der Waals surface area contributed by atoms with E-state index in [1.54, 1.807) is 19.9 Å². The summed E-state index contributed by atoms with van der Waals surface area (Å²) in [5.41, 5.74) is 1.49. The second kappa shape index (κ2) is 6.91. The molecule has 8 heteroatoms. The van der Waals surface area contributed by atoms with Gasteiger partial charge >= 0.3 is 0 Å². The lowest BCUT2D eigenvalue weighted by molar-refractivity contribution is -0.384. The number of thioether (sulfide) groups is 1. The van der Waals surface area contributed by atoms with Gasteiger partial charge in [-0.05, 0) is 25.5 Å². The number of aryl methyl sites for hydroxylation is 1. The number of hydrogen-bond donors (Lipinski definition) is 0. The standard InChI is InChI=1S/C13H15N3O3S.ClH/c1-8-6-10(16(18)19)4-5-11(8)14-13-15(3)12(7-20-13)9(2)17;/h4-6,12H,7H2,1-3H3;1H/t12-;/m0./s1. The number of aliphatic imine (C=N–C) groups is 1. The van der Waals surface area contributed by atoms with E-state index in [0.717, 1.165) is 10.7 Å². The Morgan fingerprint density at radius 3 is 2.67 bits per heavy atom. The van der Waals surface area contributed by atoms with Gasteiger partial charge in [0.15, 0.2) is 11.0 Å². The number of Topliss-reactive ketones (excluding diaryl/α,β-unsaturated/α-hetero) is 1. The molecule has 6 nitrogen and oxygen atoms in total. The fourth-order valence-corrected chi connectivity index (χ4v) is 3.24. The van der Waals surface area contributed by atoms with Gasteiger partial charge in [0.2, 0.25) is 0 Å². The van der Waals surface area contributed by atoms with Gasteiger partial charge in [-0.15, -0.1) is 12.4 Å². The molecule has 1 aromatic rings. The molecule has 1 heterocycles. The second-order valence-electron chi connectivity index (χ2n) is 4.67. The Morgan fingerprint density at radius 1 is 1.52 bits per heavy atom. The number of likely N-dealkylation sites (N-methyl/N-ethyl adjacent to an activating group) is 1. The van der Waals surface area contributed by atoms with Gasteiger partial charge < -0.3 is 4.90 Å². The molecule has 0 radical (unpaired) electrons. The van der Waals surface area contributed by atoms with Crippen LogP contribution in [0.4, 0.5) is 11.4 Å². The zero-order chi connectivity index (χ0) is 14.9. The maximum Gasteiger partial charge on any atom is 0.269 e. The monoisotopic (exact) mass is 329 g/mol. The molecular formula is C13H16ClN3O3S. The molecule has 0 unspecified atom stereocenters. The SMILES string of the molecule is CC(=O)[C@@H]1CSC(=Nc2ccc([N+](=O)[O-])cc2C)N1C.Cl. The molecule has 0 saturated carbocycles. The maximum absolute atomic E-state index is 11.5. The van der Waals surface area contributed by atoms with Crippen LogP contribution in [0.2, 0.25) is 0 Å². The number of nitro groups is 1. The summed E-state index contributed by atoms with van der Waals surface area (Å²) in [4.78, 5) is 28.1. The molecule has 1 aliphatic heterocycles. The van der Waals surface area contributed by atoms with Crippen LogP contribution in [0.1, 0.15) is 12.5 Å². The summed E-state index contributed by atoms with van der Waals surface area (Å²) in [6.07, 6.45) is 0. The molecule has 0 amide bonds. The molecule has 2 rings (SSSR count). The lowest BCUT2D eigenvalue weighted by atomic mass is 10.2. The number of carbonyl (C=O) groups excluding carboxylic acids is 1. The van der Waals surface area contributed by atoms with Crippen molar-refractivity contribution in [1.29, 1.82) is 0 Å². The normalized spacial score (nSPS) is 19.5. The zero-order valence-electron chi connectivity index (χ0n) is 11.9. The third-order valence-electron chi connectivity index (χ3n) is 3.22. The highest BCUT2D eigenvalue weighted by molar-refractivity contribution is 8.14. The van der Waals surface area contributed by atoms with Crippen LogP contribution >= 0.6 is 24.2 Å². The largest absolute Gasteiger partial charge is 0.343 e. The van der Waals surface area contributed by atoms with Crippen LogP contribution in [0.5, 0.6) is 0 Å². The van der Waals surface area contributed by atoms with E-state index in [1.165, 1.54) is 23.9 Å². The molecule has 0 aliphatic carbocycles. The Hall–Kier alpha value is -1.60. The molecule has 1 aromatic carbocycles. The minimum atomic E-state index is -0.424. The van der Waals surface area contributed by atoms with Crippen molar-refractivity contribution in [2.24, 2.45) is 4.99 Å². The van der Waals surface area contributed by atoms with Crippen LogP contribution < -0.4 is 0 Å². The number of non-ortho nitro benzene ring substituents is 1. The summed E-state index contributed by atoms with van der Waals surface area (Å²) < 4.78 is 0. The summed E-state index contributed by atoms with van der Waals surface area (Å²) in [5, 5.41) is 11.5. The number of nitro benzene ring substituents is 1. The molecule has 1 aliphatic rings. The number of carbonyl (C=O) groups is 1. The summed E-state index contributed by atoms with van der Waals surface area (Å²) in [5.74, 6) is 0.807. The van der Waals surface area contributed by atoms with Gasteiger partial charge in [-0.2, -0.15) is 0 Å². The lowest BCUT2D eigenvalue weighted by Gasteiger charge is -2.18. The molecule has 0 spiro atoms. The molecule has 0 aromatic heterocycles. The van der Waals surface area contributed by atoms with Gasteiger partial charge in [0, 0.05) is 24.9 Å². The first-order valence-electron chi connectivity index (χ1n) is 6.10. The predicted octanol–water partition coefficient (Wildman–Crippen LogP) is 2.95. The van der Waals surface area contributed by atoms with Crippen molar-refractivity contribution in [2.75, 3.05) is 12.8 Å². The second-order valence-corrected chi connectivity index (χ2v) is 5.66. The van der Waals surface area contributed by atoms with Gasteiger partial charge in [-0.1, -0.05) is 11.8 Å². The third kappa shape index (κ3) is 3.74. The van der Waals surface area contributed by atoms with Crippen LogP contribution in [0, 0.1) is 17.0 Å². The van der Waals surface area contributed by atoms with Crippen molar-refractivity contribution in [2.45, 2.75) is 19.9 Å².